The van der Waals surface area contributed by atoms with Crippen LogP contribution < -0.4 is 0 Å². The number of rotatable bonds is 2. The molecule has 0 rings (SSSR count). The molecule has 0 radical (unpaired) electrons. The third kappa shape index (κ3) is 5.48. The lowest BCUT2D eigenvalue weighted by Gasteiger charge is -1.83. The first-order valence-corrected chi connectivity index (χ1v) is 2.35. The van der Waals surface area contributed by atoms with Gasteiger partial charge in [-0.1, -0.05) is 11.8 Å². The van der Waals surface area contributed by atoms with E-state index in [9.17, 15) is 0 Å². The third-order valence-electron chi connectivity index (χ3n) is 0.558. The first-order chi connectivity index (χ1) is 3.91. The van der Waals surface area contributed by atoms with Gasteiger partial charge in [0.25, 0.3) is 0 Å². The standard InChI is InChI=1S/C6H10O2/c1-7-5-3-4-6-8-2/h5-6H2,1-2H3. The minimum Gasteiger partial charge on any atom is -0.372 e. The molecule has 0 heterocycles. The van der Waals surface area contributed by atoms with Gasteiger partial charge in [-0.2, -0.15) is 0 Å². The van der Waals surface area contributed by atoms with Crippen molar-refractivity contribution in [2.45, 2.75) is 0 Å². The maximum absolute atomic E-state index is 4.66. The molecule has 2 nitrogen and oxygen atoms in total. The number of methoxy groups -OCH3 is 2. The highest BCUT2D eigenvalue weighted by Crippen LogP contribution is 1.63. The topological polar surface area (TPSA) is 18.5 Å². The summed E-state index contributed by atoms with van der Waals surface area (Å²) < 4.78 is 9.32. The van der Waals surface area contributed by atoms with Gasteiger partial charge in [0.1, 0.15) is 13.2 Å². The van der Waals surface area contributed by atoms with Crippen molar-refractivity contribution in [3.63, 3.8) is 0 Å². The average molecular weight is 114 g/mol. The van der Waals surface area contributed by atoms with Gasteiger partial charge in [0, 0.05) is 14.2 Å². The van der Waals surface area contributed by atoms with Crippen molar-refractivity contribution in [2.75, 3.05) is 27.4 Å². The fourth-order valence-corrected chi connectivity index (χ4v) is 0.246. The van der Waals surface area contributed by atoms with Gasteiger partial charge in [0.15, 0.2) is 0 Å². The van der Waals surface area contributed by atoms with E-state index in [1.165, 1.54) is 0 Å². The third-order valence-corrected chi connectivity index (χ3v) is 0.558. The fourth-order valence-electron chi connectivity index (χ4n) is 0.246. The van der Waals surface area contributed by atoms with E-state index in [1.807, 2.05) is 0 Å². The molecule has 0 aliphatic heterocycles. The van der Waals surface area contributed by atoms with Crippen LogP contribution in [0.5, 0.6) is 0 Å². The molecular formula is C6H10O2. The number of ether oxygens (including phenoxy) is 2. The molecule has 0 amide bonds. The summed E-state index contributed by atoms with van der Waals surface area (Å²) in [6, 6.07) is 0. The van der Waals surface area contributed by atoms with Gasteiger partial charge in [-0.25, -0.2) is 0 Å². The lowest BCUT2D eigenvalue weighted by molar-refractivity contribution is 0.233. The zero-order valence-corrected chi connectivity index (χ0v) is 5.23. The molecule has 2 heteroatoms. The summed E-state index contributed by atoms with van der Waals surface area (Å²) >= 11 is 0. The van der Waals surface area contributed by atoms with Gasteiger partial charge >= 0.3 is 0 Å². The van der Waals surface area contributed by atoms with Crippen LogP contribution in [-0.4, -0.2) is 27.4 Å². The predicted molar refractivity (Wildman–Crippen MR) is 31.5 cm³/mol. The second kappa shape index (κ2) is 6.48. The molecule has 0 spiro atoms. The van der Waals surface area contributed by atoms with Crippen LogP contribution in [0.15, 0.2) is 0 Å². The van der Waals surface area contributed by atoms with Gasteiger partial charge in [0.2, 0.25) is 0 Å². The molecule has 46 valence electrons. The summed E-state index contributed by atoms with van der Waals surface area (Å²) in [7, 11) is 3.23. The van der Waals surface area contributed by atoms with Crippen molar-refractivity contribution in [3.05, 3.63) is 0 Å². The Morgan fingerprint density at radius 1 is 1.00 bits per heavy atom. The van der Waals surface area contributed by atoms with E-state index >= 15 is 0 Å². The Bertz CT molecular complexity index is 78.4. The Morgan fingerprint density at radius 2 is 1.38 bits per heavy atom. The Morgan fingerprint density at radius 3 is 1.62 bits per heavy atom. The van der Waals surface area contributed by atoms with E-state index in [1.54, 1.807) is 14.2 Å². The highest BCUT2D eigenvalue weighted by molar-refractivity contribution is 4.98. The molecule has 0 saturated heterocycles. The van der Waals surface area contributed by atoms with Crippen LogP contribution >= 0.6 is 0 Å². The highest BCUT2D eigenvalue weighted by Gasteiger charge is 1.67. The van der Waals surface area contributed by atoms with Crippen LogP contribution in [0.3, 0.4) is 0 Å². The monoisotopic (exact) mass is 114 g/mol. The van der Waals surface area contributed by atoms with Crippen LogP contribution in [0.2, 0.25) is 0 Å². The predicted octanol–water partition coefficient (Wildman–Crippen LogP) is 0.283. The van der Waals surface area contributed by atoms with Crippen molar-refractivity contribution in [3.8, 4) is 11.8 Å². The zero-order valence-electron chi connectivity index (χ0n) is 5.23. The number of hydrogen-bond donors (Lipinski definition) is 0. The van der Waals surface area contributed by atoms with E-state index in [4.69, 9.17) is 0 Å². The summed E-state index contributed by atoms with van der Waals surface area (Å²) in [5.41, 5.74) is 0. The Hall–Kier alpha value is -0.520. The smallest absolute Gasteiger partial charge is 0.107 e. The lowest BCUT2D eigenvalue weighted by atomic mass is 10.6. The second-order valence-corrected chi connectivity index (χ2v) is 1.22. The molecular weight excluding hydrogens is 104 g/mol. The SMILES string of the molecule is COCC#CCOC. The van der Waals surface area contributed by atoms with E-state index in [-0.39, 0.29) is 0 Å². The quantitative estimate of drug-likeness (QED) is 0.480. The minimum atomic E-state index is 0.489. The van der Waals surface area contributed by atoms with Crippen LogP contribution in [-0.2, 0) is 9.47 Å². The van der Waals surface area contributed by atoms with Crippen LogP contribution in [0, 0.1) is 11.8 Å². The summed E-state index contributed by atoms with van der Waals surface area (Å²) in [5, 5.41) is 0. The number of hydrogen-bond acceptors (Lipinski definition) is 2. The maximum Gasteiger partial charge on any atom is 0.107 e. The molecule has 0 aliphatic rings. The molecule has 0 aliphatic carbocycles. The second-order valence-electron chi connectivity index (χ2n) is 1.22. The molecule has 0 bridgehead atoms. The average Bonchev–Trinajstić information content (AvgIpc) is 1.81. The van der Waals surface area contributed by atoms with Crippen molar-refractivity contribution >= 4 is 0 Å². The van der Waals surface area contributed by atoms with Gasteiger partial charge in [0.05, 0.1) is 0 Å². The summed E-state index contributed by atoms with van der Waals surface area (Å²) in [6.07, 6.45) is 0. The zero-order chi connectivity index (χ0) is 6.24. The van der Waals surface area contributed by atoms with Crippen LogP contribution in [0.4, 0.5) is 0 Å². The summed E-state index contributed by atoms with van der Waals surface area (Å²) in [6.45, 7) is 0.979. The Labute approximate surface area is 49.8 Å². The molecule has 0 aromatic carbocycles. The first kappa shape index (κ1) is 7.48. The Balaban J connectivity index is 2.95. The molecule has 0 atom stereocenters. The maximum atomic E-state index is 4.66. The fraction of sp³-hybridized carbons (Fsp3) is 0.667. The van der Waals surface area contributed by atoms with Gasteiger partial charge in [-0.3, -0.25) is 0 Å². The Kier molecular flexibility index (Phi) is 6.06. The van der Waals surface area contributed by atoms with Gasteiger partial charge in [-0.05, 0) is 0 Å². The van der Waals surface area contributed by atoms with Crippen molar-refractivity contribution in [1.82, 2.24) is 0 Å². The van der Waals surface area contributed by atoms with Crippen molar-refractivity contribution in [2.24, 2.45) is 0 Å². The van der Waals surface area contributed by atoms with Gasteiger partial charge in [-0.15, -0.1) is 0 Å². The van der Waals surface area contributed by atoms with E-state index in [0.29, 0.717) is 13.2 Å². The normalized spacial score (nSPS) is 7.75. The van der Waals surface area contributed by atoms with Crippen LogP contribution in [0.25, 0.3) is 0 Å². The molecule has 0 aromatic rings. The highest BCUT2D eigenvalue weighted by atomic mass is 16.5. The van der Waals surface area contributed by atoms with E-state index < -0.39 is 0 Å². The minimum absolute atomic E-state index is 0.489. The molecule has 0 fully saturated rings. The molecule has 0 unspecified atom stereocenters. The molecule has 0 aromatic heterocycles. The lowest BCUT2D eigenvalue weighted by Crippen LogP contribution is -1.85. The molecule has 0 saturated carbocycles. The van der Waals surface area contributed by atoms with Gasteiger partial charge < -0.3 is 9.47 Å². The summed E-state index contributed by atoms with van der Waals surface area (Å²) in [4.78, 5) is 0. The molecule has 8 heavy (non-hydrogen) atoms. The van der Waals surface area contributed by atoms with E-state index in [0.717, 1.165) is 0 Å². The van der Waals surface area contributed by atoms with Crippen LogP contribution in [0.1, 0.15) is 0 Å². The van der Waals surface area contributed by atoms with Crippen molar-refractivity contribution < 1.29 is 9.47 Å². The summed E-state index contributed by atoms with van der Waals surface area (Å²) in [5.74, 6) is 5.48. The first-order valence-electron chi connectivity index (χ1n) is 2.35. The van der Waals surface area contributed by atoms with Crippen molar-refractivity contribution in [1.29, 1.82) is 0 Å². The van der Waals surface area contributed by atoms with E-state index in [2.05, 4.69) is 21.3 Å². The largest absolute Gasteiger partial charge is 0.372 e. The molecule has 0 N–H and O–H groups in total.